The van der Waals surface area contributed by atoms with Crippen LogP contribution in [0.4, 0.5) is 0 Å². The number of ether oxygens (including phenoxy) is 1. The summed E-state index contributed by atoms with van der Waals surface area (Å²) in [6.45, 7) is 4.05. The van der Waals surface area contributed by atoms with Crippen LogP contribution in [0.25, 0.3) is 0 Å². The molecule has 1 aliphatic rings. The van der Waals surface area contributed by atoms with E-state index in [1.54, 1.807) is 0 Å². The van der Waals surface area contributed by atoms with Gasteiger partial charge in [-0.05, 0) is 18.8 Å². The Kier molecular flexibility index (Phi) is 6.84. The summed E-state index contributed by atoms with van der Waals surface area (Å²) in [7, 11) is 1.34. The lowest BCUT2D eigenvalue weighted by atomic mass is 9.83. The molecule has 0 saturated heterocycles. The molecule has 0 heterocycles. The third-order valence-corrected chi connectivity index (χ3v) is 3.88. The van der Waals surface area contributed by atoms with Crippen LogP contribution in [0.15, 0.2) is 0 Å². The summed E-state index contributed by atoms with van der Waals surface area (Å²) in [6.07, 6.45) is 6.07. The van der Waals surface area contributed by atoms with E-state index in [0.29, 0.717) is 18.5 Å². The van der Waals surface area contributed by atoms with Gasteiger partial charge in [-0.2, -0.15) is 0 Å². The fraction of sp³-hybridized carbons (Fsp3) is 0.857. The molecule has 1 amide bonds. The maximum Gasteiger partial charge on any atom is 0.329 e. The van der Waals surface area contributed by atoms with Crippen molar-refractivity contribution in [2.75, 3.05) is 13.7 Å². The quantitative estimate of drug-likeness (QED) is 0.712. The molecule has 1 aliphatic carbocycles. The topological polar surface area (TPSA) is 67.4 Å². The van der Waals surface area contributed by atoms with Gasteiger partial charge < -0.3 is 15.4 Å². The molecule has 0 aromatic rings. The predicted octanol–water partition coefficient (Wildman–Crippen LogP) is 1.22. The summed E-state index contributed by atoms with van der Waals surface area (Å²) in [5, 5.41) is 6.05. The normalized spacial score (nSPS) is 24.6. The lowest BCUT2D eigenvalue weighted by Gasteiger charge is -2.32. The first kappa shape index (κ1) is 16.0. The molecule has 2 N–H and O–H groups in total. The average molecular weight is 270 g/mol. The van der Waals surface area contributed by atoms with Crippen LogP contribution in [0.2, 0.25) is 0 Å². The number of rotatable bonds is 6. The Hall–Kier alpha value is -1.10. The van der Waals surface area contributed by atoms with Crippen LogP contribution in [0, 0.1) is 5.92 Å². The Labute approximate surface area is 115 Å². The molecule has 0 aromatic carbocycles. The summed E-state index contributed by atoms with van der Waals surface area (Å²) in [6, 6.07) is -0.151. The molecule has 3 atom stereocenters. The van der Waals surface area contributed by atoms with Crippen molar-refractivity contribution in [3.05, 3.63) is 0 Å². The standard InChI is InChI=1S/C14H26N2O3/c1-4-11-7-5-6-8-12(11)15-9-13(14(18)19-3)16-10(2)17/h11-13,15H,4-9H2,1-3H3,(H,16,17). The highest BCUT2D eigenvalue weighted by Gasteiger charge is 2.26. The molecule has 5 heteroatoms. The molecule has 1 rings (SSSR count). The second kappa shape index (κ2) is 8.15. The van der Waals surface area contributed by atoms with Gasteiger partial charge >= 0.3 is 5.97 Å². The van der Waals surface area contributed by atoms with Gasteiger partial charge in [0.15, 0.2) is 0 Å². The monoisotopic (exact) mass is 270 g/mol. The van der Waals surface area contributed by atoms with Crippen molar-refractivity contribution in [3.63, 3.8) is 0 Å². The summed E-state index contributed by atoms with van der Waals surface area (Å²) in [4.78, 5) is 22.7. The average Bonchev–Trinajstić information content (AvgIpc) is 2.42. The van der Waals surface area contributed by atoms with Crippen molar-refractivity contribution < 1.29 is 14.3 Å². The molecule has 5 nitrogen and oxygen atoms in total. The van der Waals surface area contributed by atoms with E-state index in [4.69, 9.17) is 4.74 Å². The van der Waals surface area contributed by atoms with Crippen molar-refractivity contribution in [1.29, 1.82) is 0 Å². The van der Waals surface area contributed by atoms with E-state index in [2.05, 4.69) is 17.6 Å². The van der Waals surface area contributed by atoms with Crippen molar-refractivity contribution in [1.82, 2.24) is 10.6 Å². The van der Waals surface area contributed by atoms with Crippen LogP contribution >= 0.6 is 0 Å². The Morgan fingerprint density at radius 3 is 2.58 bits per heavy atom. The summed E-state index contributed by atoms with van der Waals surface area (Å²) in [5.41, 5.74) is 0. The van der Waals surface area contributed by atoms with Crippen LogP contribution in [0.5, 0.6) is 0 Å². The number of carbonyl (C=O) groups excluding carboxylic acids is 2. The van der Waals surface area contributed by atoms with E-state index in [9.17, 15) is 9.59 Å². The summed E-state index contributed by atoms with van der Waals surface area (Å²) >= 11 is 0. The van der Waals surface area contributed by atoms with Gasteiger partial charge in [-0.1, -0.05) is 26.2 Å². The second-order valence-corrected chi connectivity index (χ2v) is 5.24. The van der Waals surface area contributed by atoms with Crippen LogP contribution in [0.1, 0.15) is 46.0 Å². The first-order chi connectivity index (χ1) is 9.08. The van der Waals surface area contributed by atoms with Gasteiger partial charge in [0.2, 0.25) is 5.91 Å². The highest BCUT2D eigenvalue weighted by Crippen LogP contribution is 2.26. The fourth-order valence-electron chi connectivity index (χ4n) is 2.82. The molecule has 0 radical (unpaired) electrons. The van der Waals surface area contributed by atoms with E-state index >= 15 is 0 Å². The number of hydrogen-bond acceptors (Lipinski definition) is 4. The zero-order chi connectivity index (χ0) is 14.3. The molecule has 0 bridgehead atoms. The molecule has 0 aliphatic heterocycles. The molecule has 110 valence electrons. The number of amides is 1. The van der Waals surface area contributed by atoms with E-state index in [1.165, 1.54) is 33.3 Å². The van der Waals surface area contributed by atoms with Gasteiger partial charge in [0.05, 0.1) is 7.11 Å². The van der Waals surface area contributed by atoms with Crippen LogP contribution < -0.4 is 10.6 Å². The van der Waals surface area contributed by atoms with Gasteiger partial charge in [-0.25, -0.2) is 4.79 Å². The van der Waals surface area contributed by atoms with Gasteiger partial charge in [0.25, 0.3) is 0 Å². The largest absolute Gasteiger partial charge is 0.467 e. The molecular weight excluding hydrogens is 244 g/mol. The Morgan fingerprint density at radius 1 is 1.32 bits per heavy atom. The summed E-state index contributed by atoms with van der Waals surface area (Å²) < 4.78 is 4.71. The van der Waals surface area contributed by atoms with E-state index < -0.39 is 12.0 Å². The number of carbonyl (C=O) groups is 2. The molecule has 0 aromatic heterocycles. The van der Waals surface area contributed by atoms with Gasteiger partial charge in [-0.3, -0.25) is 4.79 Å². The third-order valence-electron chi connectivity index (χ3n) is 3.88. The van der Waals surface area contributed by atoms with Crippen molar-refractivity contribution in [3.8, 4) is 0 Å². The Balaban J connectivity index is 2.49. The zero-order valence-corrected chi connectivity index (χ0v) is 12.2. The van der Waals surface area contributed by atoms with Crippen LogP contribution in [-0.4, -0.2) is 37.6 Å². The first-order valence-electron chi connectivity index (χ1n) is 7.16. The number of nitrogens with one attached hydrogen (secondary N) is 2. The van der Waals surface area contributed by atoms with Crippen LogP contribution in [-0.2, 0) is 14.3 Å². The lowest BCUT2D eigenvalue weighted by Crippen LogP contribution is -2.51. The van der Waals surface area contributed by atoms with Gasteiger partial charge in [0, 0.05) is 19.5 Å². The highest BCUT2D eigenvalue weighted by atomic mass is 16.5. The van der Waals surface area contributed by atoms with Crippen molar-refractivity contribution in [2.45, 2.75) is 58.0 Å². The first-order valence-corrected chi connectivity index (χ1v) is 7.16. The molecule has 0 spiro atoms. The number of methoxy groups -OCH3 is 1. The minimum atomic E-state index is -0.595. The van der Waals surface area contributed by atoms with Gasteiger partial charge in [-0.15, -0.1) is 0 Å². The third kappa shape index (κ3) is 5.19. The molecule has 3 unspecified atom stereocenters. The molecular formula is C14H26N2O3. The Bertz CT molecular complexity index is 307. The number of esters is 1. The second-order valence-electron chi connectivity index (χ2n) is 5.24. The van der Waals surface area contributed by atoms with E-state index in [-0.39, 0.29) is 5.91 Å². The van der Waals surface area contributed by atoms with Crippen LogP contribution in [0.3, 0.4) is 0 Å². The molecule has 1 fully saturated rings. The smallest absolute Gasteiger partial charge is 0.329 e. The maximum absolute atomic E-state index is 11.6. The number of hydrogen-bond donors (Lipinski definition) is 2. The van der Waals surface area contributed by atoms with Crippen molar-refractivity contribution in [2.24, 2.45) is 5.92 Å². The zero-order valence-electron chi connectivity index (χ0n) is 12.2. The lowest BCUT2D eigenvalue weighted by molar-refractivity contribution is -0.144. The van der Waals surface area contributed by atoms with Crippen molar-refractivity contribution >= 4 is 11.9 Å². The minimum Gasteiger partial charge on any atom is -0.467 e. The van der Waals surface area contributed by atoms with E-state index in [1.807, 2.05) is 0 Å². The highest BCUT2D eigenvalue weighted by molar-refractivity contribution is 5.83. The maximum atomic E-state index is 11.6. The minimum absolute atomic E-state index is 0.215. The van der Waals surface area contributed by atoms with E-state index in [0.717, 1.165) is 12.8 Å². The molecule has 1 saturated carbocycles. The predicted molar refractivity (Wildman–Crippen MR) is 73.7 cm³/mol. The Morgan fingerprint density at radius 2 is 2.00 bits per heavy atom. The fourth-order valence-corrected chi connectivity index (χ4v) is 2.82. The SMILES string of the molecule is CCC1CCCCC1NCC(NC(C)=O)C(=O)OC. The summed E-state index contributed by atoms with van der Waals surface area (Å²) in [5.74, 6) is 0.0591. The van der Waals surface area contributed by atoms with Gasteiger partial charge in [0.1, 0.15) is 6.04 Å². The molecule has 19 heavy (non-hydrogen) atoms.